The van der Waals surface area contributed by atoms with Gasteiger partial charge in [0.05, 0.1) is 0 Å². The minimum atomic E-state index is 0.415. The summed E-state index contributed by atoms with van der Waals surface area (Å²) in [5.74, 6) is 0. The molecule has 0 spiro atoms. The molecular formula is C15H21N3S. The molecule has 0 fully saturated rings. The first-order valence-electron chi connectivity index (χ1n) is 6.82. The van der Waals surface area contributed by atoms with E-state index in [-0.39, 0.29) is 0 Å². The van der Waals surface area contributed by atoms with Crippen LogP contribution in [0.25, 0.3) is 0 Å². The van der Waals surface area contributed by atoms with Crippen LogP contribution in [0.2, 0.25) is 0 Å². The third kappa shape index (κ3) is 4.31. The van der Waals surface area contributed by atoms with Crippen LogP contribution < -0.4 is 5.32 Å². The van der Waals surface area contributed by atoms with Crippen LogP contribution in [0, 0.1) is 6.92 Å². The van der Waals surface area contributed by atoms with Crippen molar-refractivity contribution in [1.29, 1.82) is 0 Å². The zero-order valence-electron chi connectivity index (χ0n) is 11.8. The molecule has 0 bridgehead atoms. The molecule has 102 valence electrons. The lowest BCUT2D eigenvalue weighted by atomic mass is 10.0. The summed E-state index contributed by atoms with van der Waals surface area (Å²) >= 11 is 1.65. The van der Waals surface area contributed by atoms with E-state index in [0.717, 1.165) is 29.4 Å². The van der Waals surface area contributed by atoms with Gasteiger partial charge < -0.3 is 5.32 Å². The van der Waals surface area contributed by atoms with E-state index in [2.05, 4.69) is 60.6 Å². The van der Waals surface area contributed by atoms with Crippen LogP contribution in [0.3, 0.4) is 0 Å². The van der Waals surface area contributed by atoms with Crippen molar-refractivity contribution in [3.05, 3.63) is 40.4 Å². The van der Waals surface area contributed by atoms with E-state index >= 15 is 0 Å². The molecule has 0 radical (unpaired) electrons. The molecule has 1 heterocycles. The van der Waals surface area contributed by atoms with Gasteiger partial charge in [-0.3, -0.25) is 0 Å². The van der Waals surface area contributed by atoms with Gasteiger partial charge in [0.25, 0.3) is 0 Å². The largest absolute Gasteiger partial charge is 0.358 e. The summed E-state index contributed by atoms with van der Waals surface area (Å²) in [5.41, 5.74) is 2.73. The van der Waals surface area contributed by atoms with Crippen LogP contribution in [0.5, 0.6) is 0 Å². The van der Waals surface area contributed by atoms with Gasteiger partial charge in [0.1, 0.15) is 5.01 Å². The van der Waals surface area contributed by atoms with E-state index in [1.54, 1.807) is 11.3 Å². The van der Waals surface area contributed by atoms with Gasteiger partial charge in [-0.1, -0.05) is 48.1 Å². The van der Waals surface area contributed by atoms with Gasteiger partial charge in [0, 0.05) is 6.04 Å². The Bertz CT molecular complexity index is 522. The van der Waals surface area contributed by atoms with Crippen LogP contribution >= 0.6 is 11.3 Å². The van der Waals surface area contributed by atoms with E-state index in [1.807, 2.05) is 0 Å². The summed E-state index contributed by atoms with van der Waals surface area (Å²) in [6, 6.07) is 9.13. The highest BCUT2D eigenvalue weighted by Crippen LogP contribution is 2.17. The van der Waals surface area contributed by atoms with Gasteiger partial charge in [-0.25, -0.2) is 0 Å². The minimum Gasteiger partial charge on any atom is -0.358 e. The highest BCUT2D eigenvalue weighted by molar-refractivity contribution is 7.15. The fourth-order valence-electron chi connectivity index (χ4n) is 1.99. The maximum absolute atomic E-state index is 4.15. The van der Waals surface area contributed by atoms with E-state index < -0.39 is 0 Å². The van der Waals surface area contributed by atoms with Gasteiger partial charge in [-0.15, -0.1) is 10.2 Å². The van der Waals surface area contributed by atoms with Crippen molar-refractivity contribution in [2.75, 3.05) is 5.32 Å². The van der Waals surface area contributed by atoms with Crippen LogP contribution in [-0.2, 0) is 12.8 Å². The Morgan fingerprint density at radius 1 is 1.32 bits per heavy atom. The fourth-order valence-corrected chi connectivity index (χ4v) is 2.78. The molecule has 0 aliphatic heterocycles. The highest BCUT2D eigenvalue weighted by Gasteiger charge is 2.07. The maximum atomic E-state index is 4.15. The average Bonchev–Trinajstić information content (AvgIpc) is 2.84. The van der Waals surface area contributed by atoms with Gasteiger partial charge in [-0.05, 0) is 38.7 Å². The molecule has 4 heteroatoms. The van der Waals surface area contributed by atoms with Gasteiger partial charge in [0.2, 0.25) is 5.13 Å². The number of aromatic nitrogens is 2. The van der Waals surface area contributed by atoms with E-state index in [0.29, 0.717) is 6.04 Å². The molecule has 1 N–H and O–H groups in total. The Hall–Kier alpha value is -1.42. The lowest BCUT2D eigenvalue weighted by Gasteiger charge is -2.12. The summed E-state index contributed by atoms with van der Waals surface area (Å²) in [4.78, 5) is 0. The fraction of sp³-hybridized carbons (Fsp3) is 0.467. The lowest BCUT2D eigenvalue weighted by Crippen LogP contribution is -2.15. The molecule has 19 heavy (non-hydrogen) atoms. The van der Waals surface area contributed by atoms with Crippen molar-refractivity contribution in [2.45, 2.75) is 46.1 Å². The van der Waals surface area contributed by atoms with E-state index in [4.69, 9.17) is 0 Å². The van der Waals surface area contributed by atoms with Crippen molar-refractivity contribution in [1.82, 2.24) is 10.2 Å². The molecule has 0 aliphatic rings. The molecule has 0 aliphatic carbocycles. The van der Waals surface area contributed by atoms with Crippen LogP contribution in [0.1, 0.15) is 36.4 Å². The van der Waals surface area contributed by atoms with Crippen LogP contribution in [0.4, 0.5) is 5.13 Å². The van der Waals surface area contributed by atoms with Gasteiger partial charge in [-0.2, -0.15) is 0 Å². The molecule has 2 aromatic rings. The second-order valence-electron chi connectivity index (χ2n) is 4.93. The summed E-state index contributed by atoms with van der Waals surface area (Å²) in [7, 11) is 0. The van der Waals surface area contributed by atoms with Gasteiger partial charge in [0.15, 0.2) is 0 Å². The first kappa shape index (κ1) is 14.0. The normalized spacial score (nSPS) is 12.4. The van der Waals surface area contributed by atoms with Crippen molar-refractivity contribution in [2.24, 2.45) is 0 Å². The lowest BCUT2D eigenvalue weighted by molar-refractivity contribution is 0.703. The number of benzene rings is 1. The number of rotatable bonds is 6. The van der Waals surface area contributed by atoms with E-state index in [1.165, 1.54) is 11.1 Å². The van der Waals surface area contributed by atoms with Crippen molar-refractivity contribution < 1.29 is 0 Å². The van der Waals surface area contributed by atoms with E-state index in [9.17, 15) is 0 Å². The topological polar surface area (TPSA) is 37.8 Å². The quantitative estimate of drug-likeness (QED) is 0.870. The first-order valence-corrected chi connectivity index (χ1v) is 7.63. The zero-order valence-corrected chi connectivity index (χ0v) is 12.6. The van der Waals surface area contributed by atoms with Crippen LogP contribution in [0.15, 0.2) is 24.3 Å². The predicted octanol–water partition coefficient (Wildman–Crippen LogP) is 3.84. The highest BCUT2D eigenvalue weighted by atomic mass is 32.1. The number of anilines is 1. The number of hydrogen-bond donors (Lipinski definition) is 1. The van der Waals surface area contributed by atoms with Crippen LogP contribution in [-0.4, -0.2) is 16.2 Å². The summed E-state index contributed by atoms with van der Waals surface area (Å²) < 4.78 is 0. The molecule has 0 saturated heterocycles. The van der Waals surface area contributed by atoms with Crippen molar-refractivity contribution in [3.63, 3.8) is 0 Å². The Morgan fingerprint density at radius 3 is 2.84 bits per heavy atom. The minimum absolute atomic E-state index is 0.415. The molecule has 3 nitrogen and oxygen atoms in total. The Kier molecular flexibility index (Phi) is 4.91. The predicted molar refractivity (Wildman–Crippen MR) is 81.9 cm³/mol. The summed E-state index contributed by atoms with van der Waals surface area (Å²) in [6.45, 7) is 6.44. The number of aryl methyl sites for hydroxylation is 3. The smallest absolute Gasteiger partial charge is 0.205 e. The number of nitrogens with zero attached hydrogens (tertiary/aromatic N) is 2. The number of hydrogen-bond acceptors (Lipinski definition) is 4. The Labute approximate surface area is 119 Å². The molecular weight excluding hydrogens is 254 g/mol. The van der Waals surface area contributed by atoms with Crippen molar-refractivity contribution >= 4 is 16.5 Å². The molecule has 0 saturated carbocycles. The Morgan fingerprint density at radius 2 is 2.16 bits per heavy atom. The van der Waals surface area contributed by atoms with Gasteiger partial charge >= 0.3 is 0 Å². The molecule has 2 rings (SSSR count). The number of nitrogens with one attached hydrogen (secondary N) is 1. The average molecular weight is 275 g/mol. The third-order valence-corrected chi connectivity index (χ3v) is 4.09. The maximum Gasteiger partial charge on any atom is 0.205 e. The molecule has 1 aromatic heterocycles. The molecule has 1 unspecified atom stereocenters. The monoisotopic (exact) mass is 275 g/mol. The first-order chi connectivity index (χ1) is 9.17. The zero-order chi connectivity index (χ0) is 13.7. The Balaban J connectivity index is 1.82. The summed E-state index contributed by atoms with van der Waals surface area (Å²) in [6.07, 6.45) is 3.15. The second kappa shape index (κ2) is 6.66. The second-order valence-corrected chi connectivity index (χ2v) is 5.99. The summed E-state index contributed by atoms with van der Waals surface area (Å²) in [5, 5.41) is 13.7. The standard InChI is InChI=1S/C15H21N3S/c1-4-14-17-18-15(19-14)16-12(3)8-9-13-7-5-6-11(2)10-13/h5-7,10,12H,4,8-9H2,1-3H3,(H,16,18). The molecule has 1 aromatic carbocycles. The molecule has 0 amide bonds. The van der Waals surface area contributed by atoms with Crippen molar-refractivity contribution in [3.8, 4) is 0 Å². The SMILES string of the molecule is CCc1nnc(NC(C)CCc2cccc(C)c2)s1. The molecule has 1 atom stereocenters. The third-order valence-electron chi connectivity index (χ3n) is 3.09.